The molecule has 1 aromatic carbocycles. The van der Waals surface area contributed by atoms with Gasteiger partial charge in [-0.25, -0.2) is 0 Å². The predicted molar refractivity (Wildman–Crippen MR) is 204 cm³/mol. The number of fused-ring (bicyclic) bond motifs is 13. The zero-order chi connectivity index (χ0) is 34.7. The molecule has 7 aliphatic carbocycles. The zero-order valence-electron chi connectivity index (χ0n) is 31.8. The lowest BCUT2D eigenvalue weighted by Gasteiger charge is -2.59. The van der Waals surface area contributed by atoms with Gasteiger partial charge in [-0.2, -0.15) is 0 Å². The summed E-state index contributed by atoms with van der Waals surface area (Å²) in [6, 6.07) is 10.4. The highest BCUT2D eigenvalue weighted by molar-refractivity contribution is 5.44. The standard InChI is InChI=1S/C46H66N2O2/c1-26(2)35-18-38-27(3)12-36-23-44(38,5)46(24-35)11-10-31(22-46)14-29-8-7-9-30(13-29)15-33-20-40(36)48-45(6)39(33)17-34-16-32-19-41(47-25-28(4)49)42(50)21-37(32)43(34)45/h7-9,12-13,28,31-35,37,39-43,47-50H,1,10-11,14-25H2,2-6H3. The fourth-order valence-corrected chi connectivity index (χ4v) is 15.1. The molecule has 15 atom stereocenters. The first-order valence-electron chi connectivity index (χ1n) is 20.9. The van der Waals surface area contributed by atoms with Gasteiger partial charge in [-0.15, -0.1) is 0 Å². The summed E-state index contributed by atoms with van der Waals surface area (Å²) in [5.41, 5.74) is 10.2. The van der Waals surface area contributed by atoms with Crippen LogP contribution in [-0.2, 0) is 12.8 Å². The van der Waals surface area contributed by atoms with Gasteiger partial charge in [-0.1, -0.05) is 66.1 Å². The van der Waals surface area contributed by atoms with Gasteiger partial charge in [0.15, 0.2) is 0 Å². The Morgan fingerprint density at radius 2 is 1.82 bits per heavy atom. The number of hydrogen-bond acceptors (Lipinski definition) is 4. The molecule has 0 amide bonds. The molecule has 8 bridgehead atoms. The van der Waals surface area contributed by atoms with Gasteiger partial charge in [0.25, 0.3) is 0 Å². The Bertz CT molecular complexity index is 1590. The summed E-state index contributed by atoms with van der Waals surface area (Å²) in [4.78, 5) is 0. The van der Waals surface area contributed by atoms with Gasteiger partial charge in [0.05, 0.1) is 12.2 Å². The number of aliphatic hydroxyl groups is 2. The van der Waals surface area contributed by atoms with E-state index in [4.69, 9.17) is 0 Å². The summed E-state index contributed by atoms with van der Waals surface area (Å²) < 4.78 is 0. The molecule has 50 heavy (non-hydrogen) atoms. The van der Waals surface area contributed by atoms with Gasteiger partial charge in [0.2, 0.25) is 0 Å². The molecule has 0 radical (unpaired) electrons. The van der Waals surface area contributed by atoms with Gasteiger partial charge in [0.1, 0.15) is 0 Å². The van der Waals surface area contributed by atoms with Gasteiger partial charge >= 0.3 is 0 Å². The normalized spacial score (nSPS) is 48.2. The Labute approximate surface area is 303 Å². The second-order valence-corrected chi connectivity index (χ2v) is 20.1. The third kappa shape index (κ3) is 5.26. The number of aliphatic hydroxyl groups excluding tert-OH is 2. The molecule has 1 spiro atoms. The molecule has 272 valence electrons. The van der Waals surface area contributed by atoms with E-state index in [-0.39, 0.29) is 29.2 Å². The Hall–Kier alpha value is -1.72. The number of allylic oxidation sites excluding steroid dienone is 4. The van der Waals surface area contributed by atoms with Crippen molar-refractivity contribution in [1.82, 2.24) is 10.6 Å². The van der Waals surface area contributed by atoms with Crippen molar-refractivity contribution in [2.75, 3.05) is 6.54 Å². The monoisotopic (exact) mass is 679 g/mol. The number of hydrogen-bond donors (Lipinski definition) is 4. The molecule has 1 aromatic rings. The number of rotatable bonds is 4. The fraction of sp³-hybridized carbons (Fsp3) is 0.739. The molecular weight excluding hydrogens is 613 g/mol. The van der Waals surface area contributed by atoms with E-state index in [0.717, 1.165) is 24.7 Å². The third-order valence-corrected chi connectivity index (χ3v) is 17.2. The maximum Gasteiger partial charge on any atom is 0.0696 e. The van der Waals surface area contributed by atoms with E-state index < -0.39 is 0 Å². The Kier molecular flexibility index (Phi) is 8.28. The van der Waals surface area contributed by atoms with E-state index in [1.807, 2.05) is 6.92 Å². The van der Waals surface area contributed by atoms with E-state index in [1.165, 1.54) is 76.2 Å². The van der Waals surface area contributed by atoms with Crippen molar-refractivity contribution in [2.24, 2.45) is 58.2 Å². The van der Waals surface area contributed by atoms with Crippen molar-refractivity contribution in [2.45, 2.75) is 148 Å². The van der Waals surface area contributed by atoms with Crippen LogP contribution in [0.25, 0.3) is 0 Å². The quantitative estimate of drug-likeness (QED) is 0.242. The largest absolute Gasteiger partial charge is 0.392 e. The average molecular weight is 679 g/mol. The SMILES string of the molecule is C=C(C)C1CC2=C(C)C=C3CC2(C)C2(CCC(Cc4cccc(c4)CC4CC3NC3(C)C4CC4CC5CC(NCC(C)O)C(O)CC5C43)C2)C1. The Morgan fingerprint density at radius 3 is 2.60 bits per heavy atom. The zero-order valence-corrected chi connectivity index (χ0v) is 31.8. The van der Waals surface area contributed by atoms with E-state index in [9.17, 15) is 10.2 Å². The molecule has 15 unspecified atom stereocenters. The molecule has 5 saturated carbocycles. The molecule has 1 saturated heterocycles. The van der Waals surface area contributed by atoms with E-state index >= 15 is 0 Å². The summed E-state index contributed by atoms with van der Waals surface area (Å²) in [7, 11) is 0. The molecule has 4 heteroatoms. The minimum atomic E-state index is -0.380. The molecule has 0 aromatic heterocycles. The minimum Gasteiger partial charge on any atom is -0.392 e. The number of benzene rings is 1. The predicted octanol–water partition coefficient (Wildman–Crippen LogP) is 8.33. The Balaban J connectivity index is 1.11. The summed E-state index contributed by atoms with van der Waals surface area (Å²) in [6.07, 6.45) is 18.1. The highest BCUT2D eigenvalue weighted by Gasteiger charge is 2.65. The van der Waals surface area contributed by atoms with Crippen LogP contribution in [0.1, 0.15) is 116 Å². The maximum absolute atomic E-state index is 11.5. The minimum absolute atomic E-state index is 0.0827. The molecule has 4 nitrogen and oxygen atoms in total. The molecule has 9 rings (SSSR count). The van der Waals surface area contributed by atoms with E-state index in [0.29, 0.717) is 53.5 Å². The highest BCUT2D eigenvalue weighted by Crippen LogP contribution is 2.69. The second-order valence-electron chi connectivity index (χ2n) is 20.1. The van der Waals surface area contributed by atoms with E-state index in [1.54, 1.807) is 27.8 Å². The van der Waals surface area contributed by atoms with Crippen LogP contribution in [-0.4, -0.2) is 46.6 Å². The summed E-state index contributed by atoms with van der Waals surface area (Å²) >= 11 is 0. The topological polar surface area (TPSA) is 64.5 Å². The highest BCUT2D eigenvalue weighted by atomic mass is 16.3. The molecule has 6 fully saturated rings. The van der Waals surface area contributed by atoms with Gasteiger partial charge in [-0.3, -0.25) is 0 Å². The first kappa shape index (κ1) is 34.1. The maximum atomic E-state index is 11.5. The fourth-order valence-electron chi connectivity index (χ4n) is 15.1. The number of piperidine rings is 1. The molecule has 1 heterocycles. The van der Waals surface area contributed by atoms with Crippen molar-refractivity contribution >= 4 is 0 Å². The summed E-state index contributed by atoms with van der Waals surface area (Å²) in [5, 5.41) is 29.6. The van der Waals surface area contributed by atoms with Crippen LogP contribution >= 0.6 is 0 Å². The lowest BCUT2D eigenvalue weighted by Crippen LogP contribution is -2.63. The van der Waals surface area contributed by atoms with Crippen molar-refractivity contribution in [3.63, 3.8) is 0 Å². The van der Waals surface area contributed by atoms with Crippen molar-refractivity contribution < 1.29 is 10.2 Å². The van der Waals surface area contributed by atoms with Crippen LogP contribution in [0.2, 0.25) is 0 Å². The summed E-state index contributed by atoms with van der Waals surface area (Å²) in [6.45, 7) is 17.1. The van der Waals surface area contributed by atoms with Crippen molar-refractivity contribution in [3.8, 4) is 0 Å². The van der Waals surface area contributed by atoms with Crippen LogP contribution in [0.15, 0.2) is 59.2 Å². The van der Waals surface area contributed by atoms with Crippen molar-refractivity contribution in [3.05, 3.63) is 70.3 Å². The third-order valence-electron chi connectivity index (χ3n) is 17.2. The van der Waals surface area contributed by atoms with Gasteiger partial charge in [-0.05, 0) is 180 Å². The number of nitrogens with one attached hydrogen (secondary N) is 2. The lowest BCUT2D eigenvalue weighted by atomic mass is 9.47. The van der Waals surface area contributed by atoms with Crippen LogP contribution < -0.4 is 10.6 Å². The Morgan fingerprint density at radius 1 is 1.02 bits per heavy atom. The average Bonchev–Trinajstić information content (AvgIpc) is 3.71. The first-order valence-corrected chi connectivity index (χ1v) is 20.9. The second kappa shape index (κ2) is 12.2. The van der Waals surface area contributed by atoms with Gasteiger partial charge < -0.3 is 20.8 Å². The van der Waals surface area contributed by atoms with Crippen molar-refractivity contribution in [1.29, 1.82) is 0 Å². The van der Waals surface area contributed by atoms with E-state index in [2.05, 4.69) is 75.2 Å². The van der Waals surface area contributed by atoms with Crippen LogP contribution in [0.3, 0.4) is 0 Å². The lowest BCUT2D eigenvalue weighted by molar-refractivity contribution is -0.00516. The van der Waals surface area contributed by atoms with Gasteiger partial charge in [0, 0.05) is 24.2 Å². The molecule has 8 aliphatic rings. The molecule has 4 N–H and O–H groups in total. The van der Waals surface area contributed by atoms with Crippen LogP contribution in [0, 0.1) is 58.2 Å². The summed E-state index contributed by atoms with van der Waals surface area (Å²) in [5.74, 6) is 5.36. The van der Waals surface area contributed by atoms with Crippen LogP contribution in [0.5, 0.6) is 0 Å². The smallest absolute Gasteiger partial charge is 0.0696 e. The first-order chi connectivity index (χ1) is 23.9. The van der Waals surface area contributed by atoms with Crippen LogP contribution in [0.4, 0.5) is 0 Å². The molecule has 1 aliphatic heterocycles. The molecular formula is C46H66N2O2.